The third kappa shape index (κ3) is 4.47. The molecule has 2 rings (SSSR count). The molecule has 0 bridgehead atoms. The van der Waals surface area contributed by atoms with Gasteiger partial charge in [0.25, 0.3) is 5.91 Å². The zero-order chi connectivity index (χ0) is 15.1. The molecule has 0 aliphatic carbocycles. The number of hydrogen-bond donors (Lipinski definition) is 1. The highest BCUT2D eigenvalue weighted by Gasteiger charge is 2.11. The van der Waals surface area contributed by atoms with Crippen LogP contribution in [0.3, 0.4) is 0 Å². The third-order valence-electron chi connectivity index (χ3n) is 3.11. The Balaban J connectivity index is 1.94. The van der Waals surface area contributed by atoms with E-state index in [1.54, 1.807) is 26.4 Å². The molecule has 0 saturated carbocycles. The summed E-state index contributed by atoms with van der Waals surface area (Å²) in [5.74, 6) is 1.13. The van der Waals surface area contributed by atoms with Crippen molar-refractivity contribution in [2.75, 3.05) is 40.5 Å². The van der Waals surface area contributed by atoms with E-state index < -0.39 is 0 Å². The van der Waals surface area contributed by atoms with Crippen molar-refractivity contribution in [3.05, 3.63) is 29.8 Å². The first-order chi connectivity index (χ1) is 10.2. The van der Waals surface area contributed by atoms with E-state index in [1.807, 2.05) is 17.1 Å². The SMILES string of the molecule is COc1ccc(C=CC(=O)NN2CCOCC2)cc1OC. The topological polar surface area (TPSA) is 60.0 Å². The van der Waals surface area contributed by atoms with Gasteiger partial charge >= 0.3 is 0 Å². The van der Waals surface area contributed by atoms with E-state index in [9.17, 15) is 4.79 Å². The molecule has 0 unspecified atom stereocenters. The first-order valence-electron chi connectivity index (χ1n) is 6.76. The molecule has 1 aromatic rings. The van der Waals surface area contributed by atoms with Crippen molar-refractivity contribution < 1.29 is 19.0 Å². The molecule has 1 aliphatic heterocycles. The summed E-state index contributed by atoms with van der Waals surface area (Å²) in [4.78, 5) is 11.8. The fourth-order valence-corrected chi connectivity index (χ4v) is 2.00. The van der Waals surface area contributed by atoms with Gasteiger partial charge < -0.3 is 14.2 Å². The minimum Gasteiger partial charge on any atom is -0.493 e. The smallest absolute Gasteiger partial charge is 0.258 e. The number of carbonyl (C=O) groups excluding carboxylic acids is 1. The van der Waals surface area contributed by atoms with Gasteiger partial charge in [0.1, 0.15) is 0 Å². The van der Waals surface area contributed by atoms with Crippen LogP contribution >= 0.6 is 0 Å². The molecule has 1 heterocycles. The summed E-state index contributed by atoms with van der Waals surface area (Å²) in [5, 5.41) is 1.85. The number of amides is 1. The second kappa shape index (κ2) is 7.66. The molecule has 0 spiro atoms. The summed E-state index contributed by atoms with van der Waals surface area (Å²) in [6, 6.07) is 5.48. The highest BCUT2D eigenvalue weighted by molar-refractivity contribution is 5.91. The standard InChI is InChI=1S/C15H20N2O4/c1-19-13-5-3-12(11-14(13)20-2)4-6-15(18)16-17-7-9-21-10-8-17/h3-6,11H,7-10H2,1-2H3,(H,16,18). The van der Waals surface area contributed by atoms with Crippen LogP contribution in [-0.2, 0) is 9.53 Å². The largest absolute Gasteiger partial charge is 0.493 e. The van der Waals surface area contributed by atoms with Gasteiger partial charge in [0.05, 0.1) is 27.4 Å². The number of nitrogens with one attached hydrogen (secondary N) is 1. The highest BCUT2D eigenvalue weighted by Crippen LogP contribution is 2.27. The van der Waals surface area contributed by atoms with Gasteiger partial charge in [-0.1, -0.05) is 6.07 Å². The van der Waals surface area contributed by atoms with E-state index in [-0.39, 0.29) is 5.91 Å². The molecule has 6 heteroatoms. The number of hydrazine groups is 1. The number of nitrogens with zero attached hydrogens (tertiary/aromatic N) is 1. The lowest BCUT2D eigenvalue weighted by molar-refractivity contribution is -0.123. The molecular formula is C15H20N2O4. The molecule has 0 aromatic heterocycles. The van der Waals surface area contributed by atoms with E-state index >= 15 is 0 Å². The van der Waals surface area contributed by atoms with E-state index in [0.717, 1.165) is 5.56 Å². The zero-order valence-electron chi connectivity index (χ0n) is 12.3. The van der Waals surface area contributed by atoms with Crippen LogP contribution < -0.4 is 14.9 Å². The van der Waals surface area contributed by atoms with Gasteiger partial charge in [-0.05, 0) is 23.8 Å². The van der Waals surface area contributed by atoms with E-state index in [0.29, 0.717) is 37.8 Å². The molecule has 0 atom stereocenters. The van der Waals surface area contributed by atoms with Crippen LogP contribution in [0.5, 0.6) is 11.5 Å². The molecule has 1 fully saturated rings. The zero-order valence-corrected chi connectivity index (χ0v) is 12.3. The Kier molecular flexibility index (Phi) is 5.59. The minimum atomic E-state index is -0.160. The van der Waals surface area contributed by atoms with Crippen molar-refractivity contribution in [1.29, 1.82) is 0 Å². The summed E-state index contributed by atoms with van der Waals surface area (Å²) in [6.07, 6.45) is 3.23. The van der Waals surface area contributed by atoms with E-state index in [2.05, 4.69) is 5.43 Å². The number of morpholine rings is 1. The van der Waals surface area contributed by atoms with Crippen LogP contribution in [0, 0.1) is 0 Å². The number of carbonyl (C=O) groups is 1. The molecule has 114 valence electrons. The van der Waals surface area contributed by atoms with Gasteiger partial charge in [0, 0.05) is 19.2 Å². The van der Waals surface area contributed by atoms with Gasteiger partial charge in [0.15, 0.2) is 11.5 Å². The molecule has 1 N–H and O–H groups in total. The quantitative estimate of drug-likeness (QED) is 0.823. The summed E-state index contributed by atoms with van der Waals surface area (Å²) in [5.41, 5.74) is 3.68. The maximum atomic E-state index is 11.8. The van der Waals surface area contributed by atoms with Gasteiger partial charge in [-0.3, -0.25) is 10.2 Å². The van der Waals surface area contributed by atoms with E-state index in [4.69, 9.17) is 14.2 Å². The number of ether oxygens (including phenoxy) is 3. The number of rotatable bonds is 5. The van der Waals surface area contributed by atoms with Crippen LogP contribution in [0.1, 0.15) is 5.56 Å². The summed E-state index contributed by atoms with van der Waals surface area (Å²) in [6.45, 7) is 2.69. The second-order valence-electron chi connectivity index (χ2n) is 4.52. The number of methoxy groups -OCH3 is 2. The van der Waals surface area contributed by atoms with Crippen LogP contribution in [0.2, 0.25) is 0 Å². The number of hydrogen-bond acceptors (Lipinski definition) is 5. The lowest BCUT2D eigenvalue weighted by atomic mass is 10.2. The van der Waals surface area contributed by atoms with Crippen LogP contribution in [-0.4, -0.2) is 51.4 Å². The van der Waals surface area contributed by atoms with Crippen molar-refractivity contribution in [2.24, 2.45) is 0 Å². The average molecular weight is 292 g/mol. The second-order valence-corrected chi connectivity index (χ2v) is 4.52. The minimum absolute atomic E-state index is 0.160. The van der Waals surface area contributed by atoms with Crippen LogP contribution in [0.4, 0.5) is 0 Å². The fourth-order valence-electron chi connectivity index (χ4n) is 2.00. The first kappa shape index (κ1) is 15.3. The molecule has 6 nitrogen and oxygen atoms in total. The van der Waals surface area contributed by atoms with Crippen molar-refractivity contribution in [2.45, 2.75) is 0 Å². The molecule has 0 radical (unpaired) electrons. The number of benzene rings is 1. The Morgan fingerprint density at radius 3 is 2.62 bits per heavy atom. The highest BCUT2D eigenvalue weighted by atomic mass is 16.5. The van der Waals surface area contributed by atoms with Crippen LogP contribution in [0.25, 0.3) is 6.08 Å². The summed E-state index contributed by atoms with van der Waals surface area (Å²) < 4.78 is 15.6. The molecule has 1 amide bonds. The first-order valence-corrected chi connectivity index (χ1v) is 6.76. The fraction of sp³-hybridized carbons (Fsp3) is 0.400. The maximum Gasteiger partial charge on any atom is 0.258 e. The predicted octanol–water partition coefficient (Wildman–Crippen LogP) is 1.08. The van der Waals surface area contributed by atoms with Crippen molar-refractivity contribution in [1.82, 2.24) is 10.4 Å². The lowest BCUT2D eigenvalue weighted by Gasteiger charge is -2.26. The monoisotopic (exact) mass is 292 g/mol. The normalized spacial score (nSPS) is 15.9. The van der Waals surface area contributed by atoms with Crippen molar-refractivity contribution in [3.63, 3.8) is 0 Å². The predicted molar refractivity (Wildman–Crippen MR) is 79.1 cm³/mol. The Morgan fingerprint density at radius 2 is 1.95 bits per heavy atom. The van der Waals surface area contributed by atoms with Crippen molar-refractivity contribution >= 4 is 12.0 Å². The molecular weight excluding hydrogens is 272 g/mol. The molecule has 1 saturated heterocycles. The Morgan fingerprint density at radius 1 is 1.24 bits per heavy atom. The summed E-state index contributed by atoms with van der Waals surface area (Å²) >= 11 is 0. The Bertz CT molecular complexity index is 510. The lowest BCUT2D eigenvalue weighted by Crippen LogP contribution is -2.47. The Hall–Kier alpha value is -2.05. The summed E-state index contributed by atoms with van der Waals surface area (Å²) in [7, 11) is 3.17. The van der Waals surface area contributed by atoms with E-state index in [1.165, 1.54) is 6.08 Å². The third-order valence-corrected chi connectivity index (χ3v) is 3.11. The molecule has 21 heavy (non-hydrogen) atoms. The molecule has 1 aliphatic rings. The Labute approximate surface area is 124 Å². The van der Waals surface area contributed by atoms with Gasteiger partial charge in [-0.2, -0.15) is 0 Å². The maximum absolute atomic E-state index is 11.8. The molecule has 1 aromatic carbocycles. The average Bonchev–Trinajstić information content (AvgIpc) is 2.53. The van der Waals surface area contributed by atoms with Crippen LogP contribution in [0.15, 0.2) is 24.3 Å². The van der Waals surface area contributed by atoms with Gasteiger partial charge in [0.2, 0.25) is 0 Å². The van der Waals surface area contributed by atoms with Gasteiger partial charge in [-0.25, -0.2) is 5.01 Å². The van der Waals surface area contributed by atoms with Gasteiger partial charge in [-0.15, -0.1) is 0 Å². The van der Waals surface area contributed by atoms with Crippen molar-refractivity contribution in [3.8, 4) is 11.5 Å².